The Hall–Kier alpha value is -0.650. The maximum absolute atomic E-state index is 12.0. The molecule has 0 aromatic rings. The Kier molecular flexibility index (Phi) is 2.65. The minimum Gasteiger partial charge on any atom is -0.392 e. The van der Waals surface area contributed by atoms with Crippen LogP contribution in [0.4, 0.5) is 0 Å². The number of carbonyl (C=O) groups excluding carboxylic acids is 1. The molecule has 3 heterocycles. The van der Waals surface area contributed by atoms with Crippen molar-refractivity contribution < 1.29 is 9.90 Å². The highest BCUT2D eigenvalue weighted by Gasteiger charge is 2.51. The van der Waals surface area contributed by atoms with Crippen molar-refractivity contribution in [2.75, 3.05) is 52.9 Å². The first-order chi connectivity index (χ1) is 8.06. The predicted molar refractivity (Wildman–Crippen MR) is 63.6 cm³/mol. The van der Waals surface area contributed by atoms with E-state index < -0.39 is 0 Å². The van der Waals surface area contributed by atoms with Gasteiger partial charge in [-0.05, 0) is 13.5 Å². The molecule has 1 N–H and O–H groups in total. The van der Waals surface area contributed by atoms with Gasteiger partial charge < -0.3 is 14.9 Å². The van der Waals surface area contributed by atoms with E-state index >= 15 is 0 Å². The van der Waals surface area contributed by atoms with Crippen LogP contribution in [0.3, 0.4) is 0 Å². The van der Waals surface area contributed by atoms with E-state index in [2.05, 4.69) is 16.8 Å². The van der Waals surface area contributed by atoms with Crippen LogP contribution in [0.5, 0.6) is 0 Å². The van der Waals surface area contributed by atoms with Gasteiger partial charge in [0.05, 0.1) is 12.6 Å². The first kappa shape index (κ1) is 11.4. The zero-order chi connectivity index (χ0) is 12.0. The van der Waals surface area contributed by atoms with E-state index in [4.69, 9.17) is 0 Å². The molecule has 0 aromatic carbocycles. The monoisotopic (exact) mass is 239 g/mol. The lowest BCUT2D eigenvalue weighted by atomic mass is 9.73. The molecule has 0 radical (unpaired) electrons. The Morgan fingerprint density at radius 3 is 2.59 bits per heavy atom. The molecule has 3 rings (SSSR count). The topological polar surface area (TPSA) is 47.0 Å². The molecular formula is C12H21N3O2. The number of aliphatic hydroxyl groups excluding tert-OH is 1. The summed E-state index contributed by atoms with van der Waals surface area (Å²) in [7, 11) is 2.13. The van der Waals surface area contributed by atoms with E-state index in [1.54, 1.807) is 0 Å². The summed E-state index contributed by atoms with van der Waals surface area (Å²) in [5, 5.41) is 9.41. The number of nitrogens with zero attached hydrogens (tertiary/aromatic N) is 3. The van der Waals surface area contributed by atoms with E-state index in [-0.39, 0.29) is 12.0 Å². The number of carbonyl (C=O) groups is 1. The Balaban J connectivity index is 1.43. The maximum atomic E-state index is 12.0. The van der Waals surface area contributed by atoms with Gasteiger partial charge in [0.2, 0.25) is 5.91 Å². The summed E-state index contributed by atoms with van der Waals surface area (Å²) in [5.74, 6) is 0.235. The highest BCUT2D eigenvalue weighted by Crippen LogP contribution is 2.38. The van der Waals surface area contributed by atoms with Gasteiger partial charge in [0.1, 0.15) is 0 Å². The number of hydrogen-bond donors (Lipinski definition) is 1. The lowest BCUT2D eigenvalue weighted by Gasteiger charge is -2.59. The van der Waals surface area contributed by atoms with Gasteiger partial charge in [-0.1, -0.05) is 0 Å². The zero-order valence-corrected chi connectivity index (χ0v) is 10.4. The number of hydrogen-bond acceptors (Lipinski definition) is 4. The first-order valence-corrected chi connectivity index (χ1v) is 6.43. The Morgan fingerprint density at radius 1 is 1.35 bits per heavy atom. The second kappa shape index (κ2) is 3.93. The summed E-state index contributed by atoms with van der Waals surface area (Å²) in [5.41, 5.74) is 0.426. The highest BCUT2D eigenvalue weighted by molar-refractivity contribution is 5.79. The Bertz CT molecular complexity index is 320. The van der Waals surface area contributed by atoms with Gasteiger partial charge in [0.25, 0.3) is 0 Å². The van der Waals surface area contributed by atoms with Crippen LogP contribution in [0.25, 0.3) is 0 Å². The molecule has 96 valence electrons. The molecule has 5 heteroatoms. The van der Waals surface area contributed by atoms with Crippen molar-refractivity contribution in [2.24, 2.45) is 5.41 Å². The zero-order valence-electron chi connectivity index (χ0n) is 10.4. The van der Waals surface area contributed by atoms with Crippen LogP contribution >= 0.6 is 0 Å². The van der Waals surface area contributed by atoms with Crippen molar-refractivity contribution >= 4 is 5.91 Å². The van der Waals surface area contributed by atoms with Crippen LogP contribution in [-0.2, 0) is 4.79 Å². The molecule has 0 saturated carbocycles. The number of likely N-dealkylation sites (tertiary alicyclic amines) is 3. The lowest BCUT2D eigenvalue weighted by molar-refractivity contribution is -0.157. The van der Waals surface area contributed by atoms with Gasteiger partial charge in [-0.15, -0.1) is 0 Å². The third kappa shape index (κ3) is 2.07. The van der Waals surface area contributed by atoms with E-state index in [0.29, 0.717) is 18.5 Å². The third-order valence-electron chi connectivity index (χ3n) is 4.22. The van der Waals surface area contributed by atoms with E-state index in [1.165, 1.54) is 0 Å². The van der Waals surface area contributed by atoms with Crippen LogP contribution in [0.1, 0.15) is 6.42 Å². The summed E-state index contributed by atoms with van der Waals surface area (Å²) in [4.78, 5) is 18.3. The molecule has 0 aliphatic carbocycles. The van der Waals surface area contributed by atoms with Crippen LogP contribution in [-0.4, -0.2) is 84.7 Å². The SMILES string of the molecule is CN1CC2(C1)CN(C(=O)CN1CCC(O)C1)C2. The lowest BCUT2D eigenvalue weighted by Crippen LogP contribution is -2.72. The van der Waals surface area contributed by atoms with E-state index in [9.17, 15) is 9.90 Å². The quantitative estimate of drug-likeness (QED) is 0.659. The smallest absolute Gasteiger partial charge is 0.236 e. The van der Waals surface area contributed by atoms with Crippen molar-refractivity contribution in [3.8, 4) is 0 Å². The minimum absolute atomic E-state index is 0.231. The number of amides is 1. The summed E-state index contributed by atoms with van der Waals surface area (Å²) in [6, 6.07) is 0. The molecule has 1 unspecified atom stereocenters. The van der Waals surface area contributed by atoms with Crippen molar-refractivity contribution in [1.29, 1.82) is 0 Å². The second-order valence-electron chi connectivity index (χ2n) is 6.10. The van der Waals surface area contributed by atoms with Crippen molar-refractivity contribution in [1.82, 2.24) is 14.7 Å². The molecular weight excluding hydrogens is 218 g/mol. The molecule has 5 nitrogen and oxygen atoms in total. The van der Waals surface area contributed by atoms with Crippen LogP contribution in [0.2, 0.25) is 0 Å². The van der Waals surface area contributed by atoms with Crippen LogP contribution in [0, 0.1) is 5.41 Å². The van der Waals surface area contributed by atoms with Crippen molar-refractivity contribution in [3.05, 3.63) is 0 Å². The maximum Gasteiger partial charge on any atom is 0.236 e. The summed E-state index contributed by atoms with van der Waals surface area (Å²) in [6.07, 6.45) is 0.577. The molecule has 17 heavy (non-hydrogen) atoms. The van der Waals surface area contributed by atoms with Gasteiger partial charge in [-0.3, -0.25) is 9.69 Å². The fourth-order valence-electron chi connectivity index (χ4n) is 3.49. The minimum atomic E-state index is -0.231. The van der Waals surface area contributed by atoms with Crippen LogP contribution < -0.4 is 0 Å². The first-order valence-electron chi connectivity index (χ1n) is 6.43. The predicted octanol–water partition coefficient (Wildman–Crippen LogP) is -1.17. The van der Waals surface area contributed by atoms with Gasteiger partial charge >= 0.3 is 0 Å². The molecule has 0 bridgehead atoms. The highest BCUT2D eigenvalue weighted by atomic mass is 16.3. The molecule has 3 aliphatic rings. The Morgan fingerprint density at radius 2 is 2.06 bits per heavy atom. The van der Waals surface area contributed by atoms with Gasteiger partial charge in [0.15, 0.2) is 0 Å². The average Bonchev–Trinajstić information content (AvgIpc) is 2.55. The third-order valence-corrected chi connectivity index (χ3v) is 4.22. The fraction of sp³-hybridized carbons (Fsp3) is 0.917. The average molecular weight is 239 g/mol. The molecule has 1 spiro atoms. The summed E-state index contributed by atoms with van der Waals surface area (Å²) >= 11 is 0. The van der Waals surface area contributed by atoms with E-state index in [1.807, 2.05) is 4.90 Å². The van der Waals surface area contributed by atoms with Gasteiger partial charge in [0, 0.05) is 44.7 Å². The number of rotatable bonds is 2. The molecule has 0 aromatic heterocycles. The molecule has 3 saturated heterocycles. The van der Waals surface area contributed by atoms with E-state index in [0.717, 1.165) is 39.1 Å². The normalized spacial score (nSPS) is 32.6. The van der Waals surface area contributed by atoms with Crippen LogP contribution in [0.15, 0.2) is 0 Å². The molecule has 3 fully saturated rings. The van der Waals surface area contributed by atoms with Crippen molar-refractivity contribution in [2.45, 2.75) is 12.5 Å². The molecule has 1 atom stereocenters. The number of β-amino-alcohol motifs (C(OH)–C–C–N with tert-alkyl or cyclic N) is 1. The molecule has 1 amide bonds. The second-order valence-corrected chi connectivity index (χ2v) is 6.10. The Labute approximate surface area is 102 Å². The van der Waals surface area contributed by atoms with Gasteiger partial charge in [-0.25, -0.2) is 0 Å². The fourth-order valence-corrected chi connectivity index (χ4v) is 3.49. The van der Waals surface area contributed by atoms with Crippen molar-refractivity contribution in [3.63, 3.8) is 0 Å². The van der Waals surface area contributed by atoms with Gasteiger partial charge in [-0.2, -0.15) is 0 Å². The standard InChI is InChI=1S/C12H21N3O2/c1-13-6-12(7-13)8-15(9-12)11(17)5-14-3-2-10(16)4-14/h10,16H,2-9H2,1H3. The summed E-state index contributed by atoms with van der Waals surface area (Å²) < 4.78 is 0. The summed E-state index contributed by atoms with van der Waals surface area (Å²) in [6.45, 7) is 6.16. The number of aliphatic hydroxyl groups is 1. The largest absolute Gasteiger partial charge is 0.392 e. The molecule has 3 aliphatic heterocycles.